The fourth-order valence-electron chi connectivity index (χ4n) is 3.20. The standard InChI is InChI=1S/C23H46O2/c1-4-5-6-13-17-20-23(24)25-21-18-15-12-10-8-7-9-11-14-16-19-22(2)3/h22H,4-21H2,1-3H3. The first kappa shape index (κ1) is 24.5. The molecule has 0 aromatic rings. The van der Waals surface area contributed by atoms with Gasteiger partial charge in [-0.05, 0) is 18.8 Å². The molecule has 2 nitrogen and oxygen atoms in total. The van der Waals surface area contributed by atoms with Gasteiger partial charge in [0.25, 0.3) is 0 Å². The van der Waals surface area contributed by atoms with E-state index in [2.05, 4.69) is 20.8 Å². The van der Waals surface area contributed by atoms with Gasteiger partial charge in [0.15, 0.2) is 0 Å². The summed E-state index contributed by atoms with van der Waals surface area (Å²) in [4.78, 5) is 11.6. The predicted octanol–water partition coefficient (Wildman–Crippen LogP) is 7.84. The number of unbranched alkanes of at least 4 members (excludes halogenated alkanes) is 13. The van der Waals surface area contributed by atoms with Crippen LogP contribution in [0.2, 0.25) is 0 Å². The van der Waals surface area contributed by atoms with Crippen molar-refractivity contribution in [1.82, 2.24) is 0 Å². The van der Waals surface area contributed by atoms with Crippen LogP contribution in [0.15, 0.2) is 0 Å². The van der Waals surface area contributed by atoms with Crippen LogP contribution >= 0.6 is 0 Å². The summed E-state index contributed by atoms with van der Waals surface area (Å²) in [5.74, 6) is 0.874. The second kappa shape index (κ2) is 19.8. The summed E-state index contributed by atoms with van der Waals surface area (Å²) in [5.41, 5.74) is 0. The Labute approximate surface area is 158 Å². The molecule has 0 bridgehead atoms. The monoisotopic (exact) mass is 354 g/mol. The Bertz CT molecular complexity index is 273. The van der Waals surface area contributed by atoms with Gasteiger partial charge in [0, 0.05) is 6.42 Å². The lowest BCUT2D eigenvalue weighted by Crippen LogP contribution is -2.05. The molecule has 0 unspecified atom stereocenters. The molecular weight excluding hydrogens is 308 g/mol. The lowest BCUT2D eigenvalue weighted by Gasteiger charge is -2.06. The van der Waals surface area contributed by atoms with Crippen molar-refractivity contribution in [2.24, 2.45) is 5.92 Å². The van der Waals surface area contributed by atoms with Crippen LogP contribution in [0.3, 0.4) is 0 Å². The summed E-state index contributed by atoms with van der Waals surface area (Å²) in [5, 5.41) is 0. The van der Waals surface area contributed by atoms with E-state index in [9.17, 15) is 4.79 Å². The van der Waals surface area contributed by atoms with Crippen molar-refractivity contribution < 1.29 is 9.53 Å². The molecule has 0 fully saturated rings. The van der Waals surface area contributed by atoms with Crippen molar-refractivity contribution >= 4 is 5.97 Å². The number of hydrogen-bond donors (Lipinski definition) is 0. The maximum absolute atomic E-state index is 11.6. The molecule has 0 saturated heterocycles. The van der Waals surface area contributed by atoms with Gasteiger partial charge in [-0.1, -0.05) is 111 Å². The van der Waals surface area contributed by atoms with E-state index < -0.39 is 0 Å². The van der Waals surface area contributed by atoms with E-state index >= 15 is 0 Å². The van der Waals surface area contributed by atoms with E-state index in [1.807, 2.05) is 0 Å². The van der Waals surface area contributed by atoms with E-state index in [0.717, 1.165) is 18.8 Å². The van der Waals surface area contributed by atoms with Crippen molar-refractivity contribution in [2.45, 2.75) is 130 Å². The third-order valence-electron chi connectivity index (χ3n) is 4.92. The molecule has 0 saturated carbocycles. The summed E-state index contributed by atoms with van der Waals surface area (Å²) in [6.45, 7) is 7.47. The molecule has 0 aliphatic heterocycles. The van der Waals surface area contributed by atoms with Gasteiger partial charge in [0.1, 0.15) is 0 Å². The molecule has 0 N–H and O–H groups in total. The topological polar surface area (TPSA) is 26.3 Å². The van der Waals surface area contributed by atoms with Crippen LogP contribution in [0.5, 0.6) is 0 Å². The van der Waals surface area contributed by atoms with E-state index in [0.29, 0.717) is 13.0 Å². The zero-order valence-corrected chi connectivity index (χ0v) is 17.6. The molecule has 0 aromatic carbocycles. The molecule has 0 atom stereocenters. The van der Waals surface area contributed by atoms with Crippen LogP contribution in [0.25, 0.3) is 0 Å². The molecule has 0 radical (unpaired) electrons. The smallest absolute Gasteiger partial charge is 0.305 e. The first-order valence-electron chi connectivity index (χ1n) is 11.3. The van der Waals surface area contributed by atoms with Gasteiger partial charge in [-0.15, -0.1) is 0 Å². The minimum Gasteiger partial charge on any atom is -0.466 e. The minimum absolute atomic E-state index is 0.00830. The van der Waals surface area contributed by atoms with Crippen molar-refractivity contribution in [1.29, 1.82) is 0 Å². The Morgan fingerprint density at radius 3 is 1.72 bits per heavy atom. The fourth-order valence-corrected chi connectivity index (χ4v) is 3.20. The molecule has 25 heavy (non-hydrogen) atoms. The molecule has 0 aliphatic rings. The van der Waals surface area contributed by atoms with Crippen LogP contribution in [-0.4, -0.2) is 12.6 Å². The maximum atomic E-state index is 11.6. The number of rotatable bonds is 19. The van der Waals surface area contributed by atoms with Gasteiger partial charge in [-0.25, -0.2) is 0 Å². The van der Waals surface area contributed by atoms with Crippen LogP contribution in [0, 0.1) is 5.92 Å². The van der Waals surface area contributed by atoms with Gasteiger partial charge in [0.05, 0.1) is 6.61 Å². The van der Waals surface area contributed by atoms with Crippen molar-refractivity contribution in [3.05, 3.63) is 0 Å². The highest BCUT2D eigenvalue weighted by molar-refractivity contribution is 5.69. The molecule has 2 heteroatoms. The highest BCUT2D eigenvalue weighted by Crippen LogP contribution is 2.13. The summed E-state index contributed by atoms with van der Waals surface area (Å²) < 4.78 is 5.31. The summed E-state index contributed by atoms with van der Waals surface area (Å²) in [6, 6.07) is 0. The van der Waals surface area contributed by atoms with Crippen molar-refractivity contribution in [3.8, 4) is 0 Å². The van der Waals surface area contributed by atoms with Gasteiger partial charge in [-0.2, -0.15) is 0 Å². The predicted molar refractivity (Wildman–Crippen MR) is 110 cm³/mol. The fraction of sp³-hybridized carbons (Fsp3) is 0.957. The van der Waals surface area contributed by atoms with Gasteiger partial charge in [0.2, 0.25) is 0 Å². The van der Waals surface area contributed by atoms with Crippen LogP contribution < -0.4 is 0 Å². The molecular formula is C23H46O2. The Balaban J connectivity index is 3.12. The van der Waals surface area contributed by atoms with Gasteiger partial charge in [-0.3, -0.25) is 4.79 Å². The first-order chi connectivity index (χ1) is 12.2. The Kier molecular flexibility index (Phi) is 19.4. The van der Waals surface area contributed by atoms with Crippen LogP contribution in [-0.2, 0) is 9.53 Å². The second-order valence-electron chi connectivity index (χ2n) is 8.10. The summed E-state index contributed by atoms with van der Waals surface area (Å²) >= 11 is 0. The van der Waals surface area contributed by atoms with E-state index in [4.69, 9.17) is 4.74 Å². The number of esters is 1. The highest BCUT2D eigenvalue weighted by Gasteiger charge is 2.02. The zero-order chi connectivity index (χ0) is 18.6. The number of carbonyl (C=O) groups excluding carboxylic acids is 1. The van der Waals surface area contributed by atoms with Gasteiger partial charge < -0.3 is 4.74 Å². The number of carbonyl (C=O) groups is 1. The Morgan fingerprint density at radius 1 is 0.680 bits per heavy atom. The normalized spacial score (nSPS) is 11.2. The maximum Gasteiger partial charge on any atom is 0.305 e. The second-order valence-corrected chi connectivity index (χ2v) is 8.10. The molecule has 0 rings (SSSR count). The molecule has 0 aromatic heterocycles. The van der Waals surface area contributed by atoms with Crippen LogP contribution in [0.1, 0.15) is 130 Å². The van der Waals surface area contributed by atoms with Crippen molar-refractivity contribution in [3.63, 3.8) is 0 Å². The third-order valence-corrected chi connectivity index (χ3v) is 4.92. The average molecular weight is 355 g/mol. The Morgan fingerprint density at radius 2 is 1.16 bits per heavy atom. The third kappa shape index (κ3) is 21.4. The number of hydrogen-bond acceptors (Lipinski definition) is 2. The Hall–Kier alpha value is -0.530. The summed E-state index contributed by atoms with van der Waals surface area (Å²) in [7, 11) is 0. The van der Waals surface area contributed by atoms with E-state index in [-0.39, 0.29) is 5.97 Å². The zero-order valence-electron chi connectivity index (χ0n) is 17.6. The van der Waals surface area contributed by atoms with E-state index in [1.165, 1.54) is 89.9 Å². The molecule has 0 amide bonds. The lowest BCUT2D eigenvalue weighted by molar-refractivity contribution is -0.143. The molecule has 0 heterocycles. The average Bonchev–Trinajstić information content (AvgIpc) is 2.58. The SMILES string of the molecule is CCCCCCCC(=O)OCCCCCCCCCCCCC(C)C. The van der Waals surface area contributed by atoms with Crippen molar-refractivity contribution in [2.75, 3.05) is 6.61 Å². The largest absolute Gasteiger partial charge is 0.466 e. The molecule has 0 aliphatic carbocycles. The summed E-state index contributed by atoms with van der Waals surface area (Å²) in [6.07, 6.45) is 21.3. The van der Waals surface area contributed by atoms with Gasteiger partial charge >= 0.3 is 5.97 Å². The molecule has 150 valence electrons. The number of ether oxygens (including phenoxy) is 1. The quantitative estimate of drug-likeness (QED) is 0.174. The van der Waals surface area contributed by atoms with E-state index in [1.54, 1.807) is 0 Å². The van der Waals surface area contributed by atoms with Crippen LogP contribution in [0.4, 0.5) is 0 Å². The highest BCUT2D eigenvalue weighted by atomic mass is 16.5. The lowest BCUT2D eigenvalue weighted by atomic mass is 10.0. The first-order valence-corrected chi connectivity index (χ1v) is 11.3. The minimum atomic E-state index is 0.00830. The molecule has 0 spiro atoms.